The lowest BCUT2D eigenvalue weighted by molar-refractivity contribution is -0.118. The van der Waals surface area contributed by atoms with Gasteiger partial charge in [-0.1, -0.05) is 31.2 Å². The lowest BCUT2D eigenvalue weighted by Gasteiger charge is -2.01. The van der Waals surface area contributed by atoms with E-state index >= 15 is 0 Å². The highest BCUT2D eigenvalue weighted by Crippen LogP contribution is 2.06. The number of Topliss-reactive ketones (excluding diaryl/α,β-unsaturated/α-hetero) is 1. The molecule has 0 aliphatic heterocycles. The maximum atomic E-state index is 11.1. The Labute approximate surface area is 78.8 Å². The fourth-order valence-electron chi connectivity index (χ4n) is 1.22. The van der Waals surface area contributed by atoms with Crippen LogP contribution >= 0.6 is 0 Å². The standard InChI is InChI=1S/C11H15NO/c1-2-11(13)7-9-4-3-5-10(6-9)8-12/h3-6H,2,7-8,12H2,1H3. The van der Waals surface area contributed by atoms with Crippen LogP contribution in [0.15, 0.2) is 24.3 Å². The first-order chi connectivity index (χ1) is 6.26. The average molecular weight is 177 g/mol. The normalized spacial score (nSPS) is 10.0. The van der Waals surface area contributed by atoms with E-state index in [0.717, 1.165) is 11.1 Å². The number of hydrogen-bond donors (Lipinski definition) is 1. The van der Waals surface area contributed by atoms with E-state index in [1.54, 1.807) is 0 Å². The van der Waals surface area contributed by atoms with E-state index in [2.05, 4.69) is 0 Å². The molecule has 0 spiro atoms. The first kappa shape index (κ1) is 9.93. The number of nitrogens with two attached hydrogens (primary N) is 1. The zero-order chi connectivity index (χ0) is 9.68. The van der Waals surface area contributed by atoms with Gasteiger partial charge in [-0.3, -0.25) is 4.79 Å². The molecule has 0 unspecified atom stereocenters. The molecule has 0 aliphatic carbocycles. The third kappa shape index (κ3) is 2.99. The van der Waals surface area contributed by atoms with Crippen molar-refractivity contribution >= 4 is 5.78 Å². The predicted octanol–water partition coefficient (Wildman–Crippen LogP) is 1.67. The Morgan fingerprint density at radius 2 is 2.08 bits per heavy atom. The van der Waals surface area contributed by atoms with Gasteiger partial charge in [-0.25, -0.2) is 0 Å². The van der Waals surface area contributed by atoms with Crippen LogP contribution in [0.5, 0.6) is 0 Å². The Morgan fingerprint density at radius 3 is 2.69 bits per heavy atom. The summed E-state index contributed by atoms with van der Waals surface area (Å²) in [6.07, 6.45) is 1.14. The Hall–Kier alpha value is -1.15. The minimum Gasteiger partial charge on any atom is -0.326 e. The smallest absolute Gasteiger partial charge is 0.136 e. The summed E-state index contributed by atoms with van der Waals surface area (Å²) in [6.45, 7) is 2.42. The van der Waals surface area contributed by atoms with E-state index in [4.69, 9.17) is 5.73 Å². The molecule has 2 nitrogen and oxygen atoms in total. The quantitative estimate of drug-likeness (QED) is 0.760. The topological polar surface area (TPSA) is 43.1 Å². The molecule has 1 rings (SSSR count). The van der Waals surface area contributed by atoms with Crippen molar-refractivity contribution < 1.29 is 4.79 Å². The Bertz CT molecular complexity index is 294. The maximum Gasteiger partial charge on any atom is 0.136 e. The predicted molar refractivity (Wildman–Crippen MR) is 53.3 cm³/mol. The molecule has 0 radical (unpaired) electrons. The molecule has 1 aromatic carbocycles. The molecule has 70 valence electrons. The van der Waals surface area contributed by atoms with Crippen LogP contribution in [0.3, 0.4) is 0 Å². The molecule has 2 N–H and O–H groups in total. The van der Waals surface area contributed by atoms with Gasteiger partial charge in [-0.15, -0.1) is 0 Å². The fraction of sp³-hybridized carbons (Fsp3) is 0.364. The molecule has 2 heteroatoms. The van der Waals surface area contributed by atoms with Gasteiger partial charge in [0.25, 0.3) is 0 Å². The summed E-state index contributed by atoms with van der Waals surface area (Å²) >= 11 is 0. The minimum atomic E-state index is 0.272. The molecule has 0 atom stereocenters. The van der Waals surface area contributed by atoms with E-state index in [-0.39, 0.29) is 5.78 Å². The average Bonchev–Trinajstić information content (AvgIpc) is 2.18. The van der Waals surface area contributed by atoms with Crippen molar-refractivity contribution in [3.8, 4) is 0 Å². The molecular weight excluding hydrogens is 162 g/mol. The second-order valence-electron chi connectivity index (χ2n) is 3.09. The van der Waals surface area contributed by atoms with Crippen LogP contribution in [0.25, 0.3) is 0 Å². The molecule has 0 heterocycles. The highest BCUT2D eigenvalue weighted by atomic mass is 16.1. The van der Waals surface area contributed by atoms with Crippen LogP contribution in [0, 0.1) is 0 Å². The zero-order valence-corrected chi connectivity index (χ0v) is 7.92. The SMILES string of the molecule is CCC(=O)Cc1cccc(CN)c1. The highest BCUT2D eigenvalue weighted by Gasteiger charge is 2.00. The Kier molecular flexibility index (Phi) is 3.65. The van der Waals surface area contributed by atoms with Crippen molar-refractivity contribution in [3.63, 3.8) is 0 Å². The van der Waals surface area contributed by atoms with Crippen LogP contribution < -0.4 is 5.73 Å². The van der Waals surface area contributed by atoms with Crippen LogP contribution in [-0.2, 0) is 17.8 Å². The van der Waals surface area contributed by atoms with Crippen molar-refractivity contribution in [2.24, 2.45) is 5.73 Å². The van der Waals surface area contributed by atoms with Crippen molar-refractivity contribution in [3.05, 3.63) is 35.4 Å². The van der Waals surface area contributed by atoms with Gasteiger partial charge in [0.2, 0.25) is 0 Å². The third-order valence-corrected chi connectivity index (χ3v) is 2.02. The largest absolute Gasteiger partial charge is 0.326 e. The van der Waals surface area contributed by atoms with Crippen molar-refractivity contribution in [2.45, 2.75) is 26.3 Å². The second kappa shape index (κ2) is 4.77. The van der Waals surface area contributed by atoms with Gasteiger partial charge in [0.1, 0.15) is 5.78 Å². The van der Waals surface area contributed by atoms with Crippen molar-refractivity contribution in [2.75, 3.05) is 0 Å². The molecule has 0 bridgehead atoms. The Morgan fingerprint density at radius 1 is 1.38 bits per heavy atom. The Balaban J connectivity index is 2.71. The first-order valence-electron chi connectivity index (χ1n) is 4.56. The number of hydrogen-bond acceptors (Lipinski definition) is 2. The van der Waals surface area contributed by atoms with Gasteiger partial charge in [0.05, 0.1) is 0 Å². The molecule has 1 aromatic rings. The lowest BCUT2D eigenvalue weighted by atomic mass is 10.0. The molecule has 0 aromatic heterocycles. The molecule has 0 saturated carbocycles. The summed E-state index contributed by atoms with van der Waals surface area (Å²) in [7, 11) is 0. The van der Waals surface area contributed by atoms with Crippen LogP contribution in [0.4, 0.5) is 0 Å². The van der Waals surface area contributed by atoms with Gasteiger partial charge in [-0.05, 0) is 11.1 Å². The number of carbonyl (C=O) groups excluding carboxylic acids is 1. The number of benzene rings is 1. The highest BCUT2D eigenvalue weighted by molar-refractivity contribution is 5.80. The summed E-state index contributed by atoms with van der Waals surface area (Å²) in [5.41, 5.74) is 7.65. The number of ketones is 1. The third-order valence-electron chi connectivity index (χ3n) is 2.02. The van der Waals surface area contributed by atoms with E-state index in [1.165, 1.54) is 0 Å². The molecule has 0 amide bonds. The van der Waals surface area contributed by atoms with Gasteiger partial charge in [0.15, 0.2) is 0 Å². The van der Waals surface area contributed by atoms with Crippen molar-refractivity contribution in [1.82, 2.24) is 0 Å². The van der Waals surface area contributed by atoms with E-state index < -0.39 is 0 Å². The van der Waals surface area contributed by atoms with E-state index in [9.17, 15) is 4.79 Å². The van der Waals surface area contributed by atoms with Gasteiger partial charge < -0.3 is 5.73 Å². The number of carbonyl (C=O) groups is 1. The van der Waals surface area contributed by atoms with Gasteiger partial charge >= 0.3 is 0 Å². The molecular formula is C11H15NO. The first-order valence-corrected chi connectivity index (χ1v) is 4.56. The van der Waals surface area contributed by atoms with Gasteiger partial charge in [0, 0.05) is 19.4 Å². The lowest BCUT2D eigenvalue weighted by Crippen LogP contribution is -2.02. The minimum absolute atomic E-state index is 0.272. The number of rotatable bonds is 4. The molecule has 0 aliphatic rings. The van der Waals surface area contributed by atoms with E-state index in [0.29, 0.717) is 19.4 Å². The van der Waals surface area contributed by atoms with Crippen LogP contribution in [-0.4, -0.2) is 5.78 Å². The monoisotopic (exact) mass is 177 g/mol. The molecule has 13 heavy (non-hydrogen) atoms. The zero-order valence-electron chi connectivity index (χ0n) is 7.92. The maximum absolute atomic E-state index is 11.1. The second-order valence-corrected chi connectivity index (χ2v) is 3.09. The summed E-state index contributed by atoms with van der Waals surface area (Å²) < 4.78 is 0. The summed E-state index contributed by atoms with van der Waals surface area (Å²) in [5.74, 6) is 0.272. The summed E-state index contributed by atoms with van der Waals surface area (Å²) in [4.78, 5) is 11.1. The van der Waals surface area contributed by atoms with Crippen LogP contribution in [0.2, 0.25) is 0 Å². The van der Waals surface area contributed by atoms with Crippen LogP contribution in [0.1, 0.15) is 24.5 Å². The summed E-state index contributed by atoms with van der Waals surface area (Å²) in [6, 6.07) is 7.88. The van der Waals surface area contributed by atoms with Crippen molar-refractivity contribution in [1.29, 1.82) is 0 Å². The van der Waals surface area contributed by atoms with Gasteiger partial charge in [-0.2, -0.15) is 0 Å². The fourth-order valence-corrected chi connectivity index (χ4v) is 1.22. The van der Waals surface area contributed by atoms with E-state index in [1.807, 2.05) is 31.2 Å². The summed E-state index contributed by atoms with van der Waals surface area (Å²) in [5, 5.41) is 0. The molecule has 0 fully saturated rings. The molecule has 0 saturated heterocycles.